The van der Waals surface area contributed by atoms with Crippen LogP contribution in [0, 0.1) is 0 Å². The molecule has 1 rings (SSSR count). The van der Waals surface area contributed by atoms with E-state index in [2.05, 4.69) is 0 Å². The zero-order valence-corrected chi connectivity index (χ0v) is 10.3. The van der Waals surface area contributed by atoms with Crippen LogP contribution in [0.4, 0.5) is 0 Å². The molecule has 0 aromatic heterocycles. The highest BCUT2D eigenvalue weighted by molar-refractivity contribution is 6.32. The van der Waals surface area contributed by atoms with Crippen molar-refractivity contribution in [1.82, 2.24) is 0 Å². The van der Waals surface area contributed by atoms with Crippen LogP contribution in [0.25, 0.3) is 0 Å². The molecule has 0 aliphatic carbocycles. The summed E-state index contributed by atoms with van der Waals surface area (Å²) in [6.07, 6.45) is 1.42. The van der Waals surface area contributed by atoms with Gasteiger partial charge in [0.2, 0.25) is 0 Å². The third-order valence-corrected chi connectivity index (χ3v) is 2.46. The quantitative estimate of drug-likeness (QED) is 0.449. The molecule has 0 saturated heterocycles. The molecule has 0 heterocycles. The summed E-state index contributed by atoms with van der Waals surface area (Å²) in [5.74, 6) is 1.41. The van der Waals surface area contributed by atoms with Crippen molar-refractivity contribution < 1.29 is 14.3 Å². The zero-order chi connectivity index (χ0) is 12.0. The highest BCUT2D eigenvalue weighted by atomic mass is 35.5. The standard InChI is InChI=1S/C11H12Cl2O3/c1-15-10-6-8(7-14)5-9(13)11(10)16-4-2-3-12/h5-7H,2-4H2,1H3. The molecule has 0 saturated carbocycles. The second kappa shape index (κ2) is 6.61. The lowest BCUT2D eigenvalue weighted by atomic mass is 10.2. The highest BCUT2D eigenvalue weighted by Gasteiger charge is 2.11. The van der Waals surface area contributed by atoms with Crippen molar-refractivity contribution in [3.63, 3.8) is 0 Å². The van der Waals surface area contributed by atoms with Crippen molar-refractivity contribution in [2.75, 3.05) is 19.6 Å². The molecule has 5 heteroatoms. The minimum absolute atomic E-state index is 0.357. The van der Waals surface area contributed by atoms with Gasteiger partial charge in [0.1, 0.15) is 6.29 Å². The molecule has 0 radical (unpaired) electrons. The molecular formula is C11H12Cl2O3. The first kappa shape index (κ1) is 13.1. The lowest BCUT2D eigenvalue weighted by Crippen LogP contribution is -2.01. The molecule has 3 nitrogen and oxygen atoms in total. The molecule has 0 bridgehead atoms. The minimum Gasteiger partial charge on any atom is -0.493 e. The van der Waals surface area contributed by atoms with E-state index in [1.807, 2.05) is 0 Å². The molecule has 16 heavy (non-hydrogen) atoms. The highest BCUT2D eigenvalue weighted by Crippen LogP contribution is 2.36. The van der Waals surface area contributed by atoms with Gasteiger partial charge in [0.25, 0.3) is 0 Å². The Morgan fingerprint density at radius 3 is 2.75 bits per heavy atom. The lowest BCUT2D eigenvalue weighted by molar-refractivity contribution is 0.112. The van der Waals surface area contributed by atoms with E-state index in [0.717, 1.165) is 6.42 Å². The number of benzene rings is 1. The second-order valence-electron chi connectivity index (χ2n) is 3.04. The third kappa shape index (κ3) is 3.29. The van der Waals surface area contributed by atoms with E-state index in [4.69, 9.17) is 32.7 Å². The van der Waals surface area contributed by atoms with Crippen LogP contribution < -0.4 is 9.47 Å². The Kier molecular flexibility index (Phi) is 5.43. The molecule has 1 aromatic rings. The molecule has 0 aliphatic heterocycles. The number of hydrogen-bond donors (Lipinski definition) is 0. The van der Waals surface area contributed by atoms with E-state index in [1.165, 1.54) is 13.2 Å². The molecule has 0 amide bonds. The number of carbonyl (C=O) groups is 1. The monoisotopic (exact) mass is 262 g/mol. The maximum atomic E-state index is 10.6. The average Bonchev–Trinajstić information content (AvgIpc) is 2.30. The van der Waals surface area contributed by atoms with Crippen LogP contribution in [-0.4, -0.2) is 25.9 Å². The summed E-state index contributed by atoms with van der Waals surface area (Å²) in [6.45, 7) is 0.458. The molecular weight excluding hydrogens is 251 g/mol. The Hall–Kier alpha value is -0.930. The fourth-order valence-electron chi connectivity index (χ4n) is 1.18. The van der Waals surface area contributed by atoms with Crippen molar-refractivity contribution in [2.45, 2.75) is 6.42 Å². The van der Waals surface area contributed by atoms with Crippen LogP contribution in [0.3, 0.4) is 0 Å². The van der Waals surface area contributed by atoms with Gasteiger partial charge in [0, 0.05) is 11.4 Å². The molecule has 0 spiro atoms. The zero-order valence-electron chi connectivity index (χ0n) is 8.83. The average molecular weight is 263 g/mol. The number of aldehydes is 1. The van der Waals surface area contributed by atoms with Crippen molar-refractivity contribution in [2.24, 2.45) is 0 Å². The predicted octanol–water partition coefficient (Wildman–Crippen LogP) is 3.17. The van der Waals surface area contributed by atoms with Crippen LogP contribution in [0.5, 0.6) is 11.5 Å². The largest absolute Gasteiger partial charge is 0.493 e. The van der Waals surface area contributed by atoms with Gasteiger partial charge in [0.05, 0.1) is 18.7 Å². The first-order valence-corrected chi connectivity index (χ1v) is 5.65. The van der Waals surface area contributed by atoms with Crippen LogP contribution in [-0.2, 0) is 0 Å². The molecule has 1 aromatic carbocycles. The maximum Gasteiger partial charge on any atom is 0.179 e. The number of alkyl halides is 1. The fraction of sp³-hybridized carbons (Fsp3) is 0.364. The van der Waals surface area contributed by atoms with Crippen molar-refractivity contribution in [1.29, 1.82) is 0 Å². The SMILES string of the molecule is COc1cc(C=O)cc(Cl)c1OCCCCl. The van der Waals surface area contributed by atoms with Gasteiger partial charge in [-0.2, -0.15) is 0 Å². The lowest BCUT2D eigenvalue weighted by Gasteiger charge is -2.12. The maximum absolute atomic E-state index is 10.6. The summed E-state index contributed by atoms with van der Waals surface area (Å²) >= 11 is 11.5. The van der Waals surface area contributed by atoms with Crippen molar-refractivity contribution >= 4 is 29.5 Å². The van der Waals surface area contributed by atoms with Gasteiger partial charge in [-0.15, -0.1) is 11.6 Å². The number of methoxy groups -OCH3 is 1. The van der Waals surface area contributed by atoms with E-state index in [-0.39, 0.29) is 0 Å². The number of halogens is 2. The number of ether oxygens (including phenoxy) is 2. The van der Waals surface area contributed by atoms with Gasteiger partial charge in [0.15, 0.2) is 11.5 Å². The summed E-state index contributed by atoms with van der Waals surface area (Å²) in [6, 6.07) is 3.11. The third-order valence-electron chi connectivity index (χ3n) is 1.91. The molecule has 88 valence electrons. The van der Waals surface area contributed by atoms with Crippen LogP contribution >= 0.6 is 23.2 Å². The fourth-order valence-corrected chi connectivity index (χ4v) is 1.56. The first-order valence-electron chi connectivity index (χ1n) is 4.74. The smallest absolute Gasteiger partial charge is 0.179 e. The number of hydrogen-bond acceptors (Lipinski definition) is 3. The van der Waals surface area contributed by atoms with Crippen LogP contribution in [0.2, 0.25) is 5.02 Å². The van der Waals surface area contributed by atoms with Gasteiger partial charge in [-0.25, -0.2) is 0 Å². The molecule has 0 atom stereocenters. The normalized spacial score (nSPS) is 9.94. The Bertz CT molecular complexity index is 366. The van der Waals surface area contributed by atoms with Gasteiger partial charge in [-0.3, -0.25) is 4.79 Å². The Morgan fingerprint density at radius 2 is 2.19 bits per heavy atom. The van der Waals surface area contributed by atoms with E-state index < -0.39 is 0 Å². The summed E-state index contributed by atoms with van der Waals surface area (Å²) in [7, 11) is 1.49. The van der Waals surface area contributed by atoms with Gasteiger partial charge in [-0.1, -0.05) is 11.6 Å². The predicted molar refractivity (Wildman–Crippen MR) is 64.2 cm³/mol. The van der Waals surface area contributed by atoms with Crippen molar-refractivity contribution in [3.05, 3.63) is 22.7 Å². The van der Waals surface area contributed by atoms with Gasteiger partial charge in [-0.05, 0) is 18.6 Å². The minimum atomic E-state index is 0.357. The summed E-state index contributed by atoms with van der Waals surface area (Å²) in [4.78, 5) is 10.6. The molecule has 0 fully saturated rings. The number of rotatable bonds is 6. The summed E-state index contributed by atoms with van der Waals surface area (Å²) in [5, 5.41) is 0.357. The Morgan fingerprint density at radius 1 is 1.44 bits per heavy atom. The summed E-state index contributed by atoms with van der Waals surface area (Å²) in [5.41, 5.74) is 0.451. The van der Waals surface area contributed by atoms with E-state index >= 15 is 0 Å². The van der Waals surface area contributed by atoms with Crippen LogP contribution in [0.15, 0.2) is 12.1 Å². The Balaban J connectivity index is 2.92. The Labute approximate surface area is 104 Å². The van der Waals surface area contributed by atoms with Gasteiger partial charge < -0.3 is 9.47 Å². The topological polar surface area (TPSA) is 35.5 Å². The molecule has 0 unspecified atom stereocenters. The molecule has 0 aliphatic rings. The van der Waals surface area contributed by atoms with Gasteiger partial charge >= 0.3 is 0 Å². The first-order chi connectivity index (χ1) is 7.72. The van der Waals surface area contributed by atoms with E-state index in [1.54, 1.807) is 6.07 Å². The molecule has 0 N–H and O–H groups in total. The second-order valence-corrected chi connectivity index (χ2v) is 3.83. The van der Waals surface area contributed by atoms with Crippen LogP contribution in [0.1, 0.15) is 16.8 Å². The van der Waals surface area contributed by atoms with E-state index in [9.17, 15) is 4.79 Å². The van der Waals surface area contributed by atoms with Crippen molar-refractivity contribution in [3.8, 4) is 11.5 Å². The van der Waals surface area contributed by atoms with E-state index in [0.29, 0.717) is 40.9 Å². The summed E-state index contributed by atoms with van der Waals surface area (Å²) < 4.78 is 10.5. The number of carbonyl (C=O) groups excluding carboxylic acids is 1.